The normalized spacial score (nSPS) is 11.4. The van der Waals surface area contributed by atoms with Crippen molar-refractivity contribution in [1.29, 1.82) is 0 Å². The van der Waals surface area contributed by atoms with Crippen LogP contribution in [0.15, 0.2) is 127 Å². The second-order valence-corrected chi connectivity index (χ2v) is 11.2. The topological polar surface area (TPSA) is 86.7 Å². The summed E-state index contributed by atoms with van der Waals surface area (Å²) in [7, 11) is 0. The van der Waals surface area contributed by atoms with Gasteiger partial charge >= 0.3 is 5.00 Å². The van der Waals surface area contributed by atoms with Crippen molar-refractivity contribution >= 4 is 48.2 Å². The Morgan fingerprint density at radius 1 is 0.581 bits per heavy atom. The highest BCUT2D eigenvalue weighted by atomic mass is 32.1. The van der Waals surface area contributed by atoms with Crippen LogP contribution >= 0.6 is 11.3 Å². The molecule has 7 nitrogen and oxygen atoms in total. The molecule has 0 N–H and O–H groups in total. The average Bonchev–Trinajstić information content (AvgIpc) is 3.62. The van der Waals surface area contributed by atoms with Crippen LogP contribution in [0.5, 0.6) is 0 Å². The fourth-order valence-corrected chi connectivity index (χ4v) is 6.72. The molecule has 0 unspecified atom stereocenters. The van der Waals surface area contributed by atoms with Gasteiger partial charge in [-0.15, -0.1) is 0 Å². The highest BCUT2D eigenvalue weighted by molar-refractivity contribution is 7.22. The number of aromatic nitrogens is 4. The SMILES string of the molecule is O=[N+]([O-])c1sc2ccccc2c1-c1ccc2c(c1)c1ccccc1n2-c1nc(-c2ccccc2)nc(-c2ccccc2)n1. The lowest BCUT2D eigenvalue weighted by Gasteiger charge is -2.11. The van der Waals surface area contributed by atoms with Gasteiger partial charge in [-0.1, -0.05) is 114 Å². The molecule has 43 heavy (non-hydrogen) atoms. The summed E-state index contributed by atoms with van der Waals surface area (Å²) < 4.78 is 2.94. The zero-order valence-electron chi connectivity index (χ0n) is 22.6. The number of fused-ring (bicyclic) bond motifs is 4. The van der Waals surface area contributed by atoms with Gasteiger partial charge in [-0.05, 0) is 29.8 Å². The smallest absolute Gasteiger partial charge is 0.278 e. The van der Waals surface area contributed by atoms with E-state index in [1.54, 1.807) is 0 Å². The monoisotopic (exact) mass is 575 g/mol. The number of rotatable bonds is 5. The number of hydrogen-bond acceptors (Lipinski definition) is 6. The van der Waals surface area contributed by atoms with Crippen molar-refractivity contribution in [2.24, 2.45) is 0 Å². The Balaban J connectivity index is 1.40. The van der Waals surface area contributed by atoms with Crippen LogP contribution in [-0.4, -0.2) is 24.4 Å². The molecule has 8 aromatic rings. The van der Waals surface area contributed by atoms with E-state index >= 15 is 0 Å². The van der Waals surface area contributed by atoms with Gasteiger partial charge < -0.3 is 0 Å². The molecule has 0 fully saturated rings. The standard InChI is InChI=1S/C35H21N5O2S/c41-40(42)34-31(26-16-8-10-18-30(26)43-34)24-19-20-29-27(21-24)25-15-7-9-17-28(25)39(29)35-37-32(22-11-3-1-4-12-22)36-33(38-35)23-13-5-2-6-14-23/h1-21H. The molecule has 204 valence electrons. The van der Waals surface area contributed by atoms with Gasteiger partial charge in [0.05, 0.1) is 21.5 Å². The summed E-state index contributed by atoms with van der Waals surface area (Å²) >= 11 is 1.21. The molecule has 0 bridgehead atoms. The molecule has 8 heteroatoms. The van der Waals surface area contributed by atoms with Crippen LogP contribution in [0.3, 0.4) is 0 Å². The van der Waals surface area contributed by atoms with E-state index in [4.69, 9.17) is 15.0 Å². The number of thiophene rings is 1. The average molecular weight is 576 g/mol. The predicted molar refractivity (Wildman–Crippen MR) is 173 cm³/mol. The van der Waals surface area contributed by atoms with Crippen molar-refractivity contribution in [3.05, 3.63) is 138 Å². The van der Waals surface area contributed by atoms with Crippen LogP contribution in [0.2, 0.25) is 0 Å². The highest BCUT2D eigenvalue weighted by Crippen LogP contribution is 2.45. The molecule has 0 aliphatic rings. The van der Waals surface area contributed by atoms with Crippen LogP contribution in [0.25, 0.3) is 71.7 Å². The van der Waals surface area contributed by atoms with Crippen molar-refractivity contribution in [3.8, 4) is 39.9 Å². The fourth-order valence-electron chi connectivity index (χ4n) is 5.68. The van der Waals surface area contributed by atoms with Gasteiger partial charge in [0.25, 0.3) is 0 Å². The molecule has 3 heterocycles. The van der Waals surface area contributed by atoms with E-state index in [2.05, 4.69) is 10.6 Å². The van der Waals surface area contributed by atoms with Gasteiger partial charge in [0.1, 0.15) is 0 Å². The van der Waals surface area contributed by atoms with Gasteiger partial charge in [0, 0.05) is 32.0 Å². The summed E-state index contributed by atoms with van der Waals surface area (Å²) in [5.74, 6) is 1.65. The third-order valence-electron chi connectivity index (χ3n) is 7.59. The van der Waals surface area contributed by atoms with Gasteiger partial charge in [-0.25, -0.2) is 4.98 Å². The molecular weight excluding hydrogens is 554 g/mol. The number of nitrogens with zero attached hydrogens (tertiary/aromatic N) is 5. The lowest BCUT2D eigenvalue weighted by Crippen LogP contribution is -2.06. The van der Waals surface area contributed by atoms with Gasteiger partial charge in [0.15, 0.2) is 11.6 Å². The Bertz CT molecular complexity index is 2270. The Morgan fingerprint density at radius 2 is 1.16 bits per heavy atom. The molecule has 0 aliphatic carbocycles. The summed E-state index contributed by atoms with van der Waals surface area (Å²) in [6.07, 6.45) is 0. The summed E-state index contributed by atoms with van der Waals surface area (Å²) in [5, 5.41) is 15.1. The van der Waals surface area contributed by atoms with Crippen molar-refractivity contribution in [3.63, 3.8) is 0 Å². The van der Waals surface area contributed by atoms with Crippen molar-refractivity contribution in [1.82, 2.24) is 19.5 Å². The summed E-state index contributed by atoms with van der Waals surface area (Å²) in [6, 6.07) is 41.6. The summed E-state index contributed by atoms with van der Waals surface area (Å²) in [4.78, 5) is 26.6. The first-order valence-electron chi connectivity index (χ1n) is 13.7. The minimum atomic E-state index is -0.283. The van der Waals surface area contributed by atoms with Crippen LogP contribution in [-0.2, 0) is 0 Å². The molecule has 0 saturated carbocycles. The molecule has 0 amide bonds. The predicted octanol–water partition coefficient (Wildman–Crippen LogP) is 9.09. The first-order chi connectivity index (χ1) is 21.2. The molecule has 0 radical (unpaired) electrons. The first kappa shape index (κ1) is 25.0. The van der Waals surface area contributed by atoms with E-state index in [0.717, 1.165) is 48.6 Å². The molecule has 0 spiro atoms. The van der Waals surface area contributed by atoms with E-state index in [9.17, 15) is 10.1 Å². The minimum absolute atomic E-state index is 0.141. The molecule has 5 aromatic carbocycles. The third kappa shape index (κ3) is 4.15. The second kappa shape index (κ2) is 9.97. The van der Waals surface area contributed by atoms with E-state index in [1.165, 1.54) is 11.3 Å². The van der Waals surface area contributed by atoms with Crippen LogP contribution < -0.4 is 0 Å². The Morgan fingerprint density at radius 3 is 1.84 bits per heavy atom. The molecule has 0 atom stereocenters. The molecule has 3 aromatic heterocycles. The number of para-hydroxylation sites is 1. The number of benzene rings is 5. The highest BCUT2D eigenvalue weighted by Gasteiger charge is 2.24. The van der Waals surface area contributed by atoms with Gasteiger partial charge in [-0.3, -0.25) is 14.7 Å². The van der Waals surface area contributed by atoms with Crippen molar-refractivity contribution in [2.75, 3.05) is 0 Å². The lowest BCUT2D eigenvalue weighted by atomic mass is 10.0. The maximum Gasteiger partial charge on any atom is 0.333 e. The quantitative estimate of drug-likeness (QED) is 0.151. The third-order valence-corrected chi connectivity index (χ3v) is 8.71. The molecule has 8 rings (SSSR count). The Labute approximate surface area is 249 Å². The largest absolute Gasteiger partial charge is 0.333 e. The molecule has 0 saturated heterocycles. The fraction of sp³-hybridized carbons (Fsp3) is 0. The zero-order valence-corrected chi connectivity index (χ0v) is 23.4. The van der Waals surface area contributed by atoms with Crippen LogP contribution in [0.1, 0.15) is 0 Å². The number of nitro groups is 1. The van der Waals surface area contributed by atoms with Gasteiger partial charge in [0.2, 0.25) is 5.95 Å². The first-order valence-corrected chi connectivity index (χ1v) is 14.5. The molecular formula is C35H21N5O2S. The number of hydrogen-bond donors (Lipinski definition) is 0. The van der Waals surface area contributed by atoms with Crippen LogP contribution in [0, 0.1) is 10.1 Å². The van der Waals surface area contributed by atoms with E-state index < -0.39 is 0 Å². The van der Waals surface area contributed by atoms with Crippen LogP contribution in [0.4, 0.5) is 5.00 Å². The summed E-state index contributed by atoms with van der Waals surface area (Å²) in [6.45, 7) is 0. The maximum atomic E-state index is 12.1. The maximum absolute atomic E-state index is 12.1. The Kier molecular flexibility index (Phi) is 5.80. The lowest BCUT2D eigenvalue weighted by molar-refractivity contribution is -0.379. The van der Waals surface area contributed by atoms with E-state index in [1.807, 2.05) is 121 Å². The van der Waals surface area contributed by atoms with E-state index in [-0.39, 0.29) is 9.92 Å². The minimum Gasteiger partial charge on any atom is -0.278 e. The van der Waals surface area contributed by atoms with Crippen molar-refractivity contribution in [2.45, 2.75) is 0 Å². The van der Waals surface area contributed by atoms with Crippen molar-refractivity contribution < 1.29 is 4.92 Å². The zero-order chi connectivity index (χ0) is 28.9. The summed E-state index contributed by atoms with van der Waals surface area (Å²) in [5.41, 5.74) is 5.05. The van der Waals surface area contributed by atoms with E-state index in [0.29, 0.717) is 23.2 Å². The second-order valence-electron chi connectivity index (χ2n) is 10.1. The van der Waals surface area contributed by atoms with Gasteiger partial charge in [-0.2, -0.15) is 9.97 Å². The molecule has 0 aliphatic heterocycles. The Hall–Kier alpha value is -5.73.